The van der Waals surface area contributed by atoms with Crippen LogP contribution in [-0.4, -0.2) is 30.0 Å². The minimum Gasteiger partial charge on any atom is -0.490 e. The highest BCUT2D eigenvalue weighted by Gasteiger charge is 2.32. The molecule has 33 heavy (non-hydrogen) atoms. The van der Waals surface area contributed by atoms with Crippen LogP contribution in [0.4, 0.5) is 0 Å². The Hall–Kier alpha value is -3.34. The lowest BCUT2D eigenvalue weighted by molar-refractivity contribution is 0.0443. The molecule has 0 saturated carbocycles. The van der Waals surface area contributed by atoms with E-state index in [1.54, 1.807) is 0 Å². The number of hydrogen-bond donors (Lipinski definition) is 1. The number of carbonyl (C=O) groups excluding carboxylic acids is 2. The van der Waals surface area contributed by atoms with Crippen molar-refractivity contribution < 1.29 is 19.1 Å². The van der Waals surface area contributed by atoms with Gasteiger partial charge in [0, 0.05) is 17.7 Å². The Morgan fingerprint density at radius 2 is 1.70 bits per heavy atom. The predicted octanol–water partition coefficient (Wildman–Crippen LogP) is 5.77. The average molecular weight is 446 g/mol. The van der Waals surface area contributed by atoms with E-state index in [1.807, 2.05) is 37.3 Å². The third kappa shape index (κ3) is 5.03. The molecule has 0 amide bonds. The molecule has 172 valence electrons. The number of hydrogen-bond acceptors (Lipinski definition) is 4. The van der Waals surface area contributed by atoms with E-state index in [0.29, 0.717) is 29.7 Å². The Balaban J connectivity index is 1.42. The maximum atomic E-state index is 13.0. The molecule has 5 heteroatoms. The lowest BCUT2D eigenvalue weighted by Gasteiger charge is -2.24. The average Bonchev–Trinajstić information content (AvgIpc) is 3.13. The number of aromatic nitrogens is 1. The van der Waals surface area contributed by atoms with Gasteiger partial charge in [0.15, 0.2) is 5.78 Å². The molecule has 0 unspecified atom stereocenters. The highest BCUT2D eigenvalue weighted by atomic mass is 16.6. The van der Waals surface area contributed by atoms with Crippen LogP contribution >= 0.6 is 0 Å². The van der Waals surface area contributed by atoms with Gasteiger partial charge in [0.1, 0.15) is 24.7 Å². The molecule has 0 aliphatic heterocycles. The Morgan fingerprint density at radius 1 is 1.00 bits per heavy atom. The highest BCUT2D eigenvalue weighted by Crippen LogP contribution is 2.36. The van der Waals surface area contributed by atoms with Crippen molar-refractivity contribution in [1.82, 2.24) is 4.98 Å². The number of ketones is 1. The molecule has 1 heterocycles. The first kappa shape index (κ1) is 22.8. The van der Waals surface area contributed by atoms with E-state index in [1.165, 1.54) is 5.56 Å². The van der Waals surface area contributed by atoms with Crippen LogP contribution in [0.25, 0.3) is 0 Å². The molecule has 0 bridgehead atoms. The van der Waals surface area contributed by atoms with Gasteiger partial charge in [-0.05, 0) is 53.5 Å². The van der Waals surface area contributed by atoms with Gasteiger partial charge in [0.05, 0.1) is 0 Å². The number of ether oxygens (including phenoxy) is 2. The Morgan fingerprint density at radius 3 is 2.36 bits per heavy atom. The zero-order chi connectivity index (χ0) is 23.6. The minimum absolute atomic E-state index is 0.0707. The molecule has 0 fully saturated rings. The molecule has 4 rings (SSSR count). The number of para-hydroxylation sites is 1. The molecule has 0 radical (unpaired) electrons. The summed E-state index contributed by atoms with van der Waals surface area (Å²) in [6, 6.07) is 17.9. The molecule has 0 saturated heterocycles. The molecule has 3 aromatic rings. The van der Waals surface area contributed by atoms with Gasteiger partial charge in [-0.3, -0.25) is 4.79 Å². The predicted molar refractivity (Wildman–Crippen MR) is 128 cm³/mol. The molecule has 2 aromatic carbocycles. The number of Topliss-reactive ketones (excluding diaryl/α,β-unsaturated/α-hetero) is 1. The lowest BCUT2D eigenvalue weighted by atomic mass is 9.80. The molecule has 1 atom stereocenters. The fourth-order valence-corrected chi connectivity index (χ4v) is 4.41. The van der Waals surface area contributed by atoms with Crippen LogP contribution in [0.1, 0.15) is 76.3 Å². The second-order valence-electron chi connectivity index (χ2n) is 9.68. The highest BCUT2D eigenvalue weighted by molar-refractivity contribution is 6.03. The molecule has 5 nitrogen and oxygen atoms in total. The van der Waals surface area contributed by atoms with Crippen molar-refractivity contribution in [3.8, 4) is 5.75 Å². The fourth-order valence-electron chi connectivity index (χ4n) is 4.41. The Labute approximate surface area is 195 Å². The summed E-state index contributed by atoms with van der Waals surface area (Å²) in [5, 5.41) is 0. The van der Waals surface area contributed by atoms with E-state index >= 15 is 0 Å². The van der Waals surface area contributed by atoms with E-state index in [4.69, 9.17) is 9.47 Å². The second-order valence-corrected chi connectivity index (χ2v) is 9.68. The monoisotopic (exact) mass is 445 g/mol. The van der Waals surface area contributed by atoms with Gasteiger partial charge in [-0.2, -0.15) is 0 Å². The van der Waals surface area contributed by atoms with Crippen molar-refractivity contribution in [2.24, 2.45) is 0 Å². The largest absolute Gasteiger partial charge is 0.490 e. The number of rotatable bonds is 6. The van der Waals surface area contributed by atoms with Crippen LogP contribution < -0.4 is 4.74 Å². The van der Waals surface area contributed by atoms with E-state index in [2.05, 4.69) is 50.0 Å². The number of esters is 1. The number of fused-ring (bicyclic) bond motifs is 1. The van der Waals surface area contributed by atoms with Crippen molar-refractivity contribution in [3.05, 3.63) is 88.2 Å². The smallest absolute Gasteiger partial charge is 0.355 e. The number of carbonyl (C=O) groups is 2. The molecule has 1 N–H and O–H groups in total. The molecular formula is C28H31NO4. The van der Waals surface area contributed by atoms with Crippen molar-refractivity contribution in [2.45, 2.75) is 51.9 Å². The van der Waals surface area contributed by atoms with Gasteiger partial charge in [-0.1, -0.05) is 63.2 Å². The summed E-state index contributed by atoms with van der Waals surface area (Å²) in [7, 11) is 0. The summed E-state index contributed by atoms with van der Waals surface area (Å²) in [6.45, 7) is 8.77. The zero-order valence-corrected chi connectivity index (χ0v) is 19.7. The molecule has 1 aromatic heterocycles. The maximum absolute atomic E-state index is 13.0. The van der Waals surface area contributed by atoms with E-state index < -0.39 is 5.97 Å². The topological polar surface area (TPSA) is 68.4 Å². The molecular weight excluding hydrogens is 414 g/mol. The zero-order valence-electron chi connectivity index (χ0n) is 19.7. The van der Waals surface area contributed by atoms with Crippen LogP contribution in [0.3, 0.4) is 0 Å². The number of H-pyrrole nitrogens is 1. The third-order valence-corrected chi connectivity index (χ3v) is 6.27. The second kappa shape index (κ2) is 9.26. The van der Waals surface area contributed by atoms with Crippen molar-refractivity contribution in [2.75, 3.05) is 13.2 Å². The fraction of sp³-hybridized carbons (Fsp3) is 0.357. The first-order valence-corrected chi connectivity index (χ1v) is 11.4. The summed E-state index contributed by atoms with van der Waals surface area (Å²) < 4.78 is 11.0. The van der Waals surface area contributed by atoms with E-state index in [0.717, 1.165) is 17.0 Å². The first-order chi connectivity index (χ1) is 15.7. The summed E-state index contributed by atoms with van der Waals surface area (Å²) in [5.41, 5.74) is 5.00. The Kier molecular flexibility index (Phi) is 6.41. The van der Waals surface area contributed by atoms with Gasteiger partial charge < -0.3 is 14.5 Å². The van der Waals surface area contributed by atoms with Crippen molar-refractivity contribution in [1.29, 1.82) is 0 Å². The number of benzene rings is 2. The summed E-state index contributed by atoms with van der Waals surface area (Å²) in [4.78, 5) is 28.8. The van der Waals surface area contributed by atoms with Crippen LogP contribution in [0, 0.1) is 6.92 Å². The molecule has 1 aliphatic rings. The van der Waals surface area contributed by atoms with Crippen LogP contribution in [0.2, 0.25) is 0 Å². The molecule has 1 aliphatic carbocycles. The Bertz CT molecular complexity index is 1140. The standard InChI is InChI=1S/C28H31NO4/c1-18-25-23(29-26(18)27(31)33-15-14-32-22-8-6-5-7-9-22)16-20(17-24(25)30)19-10-12-21(13-11-19)28(2,3)4/h5-13,20,29H,14-17H2,1-4H3/t20-/m1/s1. The van der Waals surface area contributed by atoms with Gasteiger partial charge in [-0.25, -0.2) is 4.79 Å². The van der Waals surface area contributed by atoms with Crippen LogP contribution in [-0.2, 0) is 16.6 Å². The quantitative estimate of drug-likeness (QED) is 0.386. The third-order valence-electron chi connectivity index (χ3n) is 6.27. The van der Waals surface area contributed by atoms with Gasteiger partial charge in [-0.15, -0.1) is 0 Å². The summed E-state index contributed by atoms with van der Waals surface area (Å²) >= 11 is 0. The van der Waals surface area contributed by atoms with Crippen LogP contribution in [0.5, 0.6) is 5.75 Å². The maximum Gasteiger partial charge on any atom is 0.355 e. The van der Waals surface area contributed by atoms with Gasteiger partial charge in [0.25, 0.3) is 0 Å². The normalized spacial score (nSPS) is 15.8. The van der Waals surface area contributed by atoms with Crippen LogP contribution in [0.15, 0.2) is 54.6 Å². The van der Waals surface area contributed by atoms with E-state index in [-0.39, 0.29) is 30.3 Å². The number of nitrogens with one attached hydrogen (secondary N) is 1. The number of aromatic amines is 1. The summed E-state index contributed by atoms with van der Waals surface area (Å²) in [6.07, 6.45) is 1.14. The van der Waals surface area contributed by atoms with E-state index in [9.17, 15) is 9.59 Å². The van der Waals surface area contributed by atoms with Crippen molar-refractivity contribution in [3.63, 3.8) is 0 Å². The molecule has 0 spiro atoms. The van der Waals surface area contributed by atoms with Gasteiger partial charge >= 0.3 is 5.97 Å². The first-order valence-electron chi connectivity index (χ1n) is 11.4. The SMILES string of the molecule is Cc1c(C(=O)OCCOc2ccccc2)[nH]c2c1C(=O)C[C@H](c1ccc(C(C)(C)C)cc1)C2. The lowest BCUT2D eigenvalue weighted by Crippen LogP contribution is -2.19. The van der Waals surface area contributed by atoms with Gasteiger partial charge in [0.2, 0.25) is 0 Å². The van der Waals surface area contributed by atoms with Crippen molar-refractivity contribution >= 4 is 11.8 Å². The minimum atomic E-state index is -0.461. The summed E-state index contributed by atoms with van der Waals surface area (Å²) in [5.74, 6) is 0.436.